The van der Waals surface area contributed by atoms with Crippen LogP contribution in [0.2, 0.25) is 0 Å². The number of hydrogen-bond acceptors (Lipinski definition) is 2. The molecule has 2 N–H and O–H groups in total. The van der Waals surface area contributed by atoms with Gasteiger partial charge in [0.1, 0.15) is 0 Å². The molecule has 2 heteroatoms. The fourth-order valence-corrected chi connectivity index (χ4v) is 3.53. The van der Waals surface area contributed by atoms with Crippen LogP contribution < -0.4 is 10.6 Å². The summed E-state index contributed by atoms with van der Waals surface area (Å²) in [6, 6.07) is 2.44. The highest BCUT2D eigenvalue weighted by Gasteiger charge is 2.22. The maximum Gasteiger partial charge on any atom is 0.00708 e. The molecule has 0 aromatic heterocycles. The molecule has 0 bridgehead atoms. The van der Waals surface area contributed by atoms with Gasteiger partial charge >= 0.3 is 0 Å². The van der Waals surface area contributed by atoms with E-state index in [2.05, 4.69) is 17.6 Å². The lowest BCUT2D eigenvalue weighted by Gasteiger charge is -2.32. The molecule has 0 heterocycles. The van der Waals surface area contributed by atoms with Crippen LogP contribution in [0.25, 0.3) is 0 Å². The minimum atomic E-state index is 0.798. The molecule has 100 valence electrons. The Labute approximate surface area is 107 Å². The Morgan fingerprint density at radius 3 is 1.82 bits per heavy atom. The standard InChI is InChI=1S/C15H30N2/c1-2-16-13-9-11-15(12-10-13)17-14-7-5-3-4-6-8-14/h13-17H,2-12H2,1H3. The first-order valence-corrected chi connectivity index (χ1v) is 7.88. The minimum absolute atomic E-state index is 0.798. The second-order valence-corrected chi connectivity index (χ2v) is 5.96. The van der Waals surface area contributed by atoms with Crippen molar-refractivity contribution < 1.29 is 0 Å². The smallest absolute Gasteiger partial charge is 0.00708 e. The third-order valence-corrected chi connectivity index (χ3v) is 4.55. The summed E-state index contributed by atoms with van der Waals surface area (Å²) in [4.78, 5) is 0. The van der Waals surface area contributed by atoms with E-state index in [1.807, 2.05) is 0 Å². The molecule has 0 unspecified atom stereocenters. The second kappa shape index (κ2) is 7.38. The van der Waals surface area contributed by atoms with Crippen molar-refractivity contribution in [3.8, 4) is 0 Å². The normalized spacial score (nSPS) is 32.3. The van der Waals surface area contributed by atoms with E-state index in [9.17, 15) is 0 Å². The first kappa shape index (κ1) is 13.4. The van der Waals surface area contributed by atoms with E-state index < -0.39 is 0 Å². The van der Waals surface area contributed by atoms with Gasteiger partial charge in [-0.05, 0) is 45.1 Å². The van der Waals surface area contributed by atoms with E-state index in [1.54, 1.807) is 0 Å². The van der Waals surface area contributed by atoms with Crippen molar-refractivity contribution in [2.45, 2.75) is 89.3 Å². The maximum atomic E-state index is 3.93. The van der Waals surface area contributed by atoms with Crippen LogP contribution >= 0.6 is 0 Å². The first-order chi connectivity index (χ1) is 8.38. The predicted molar refractivity (Wildman–Crippen MR) is 74.3 cm³/mol. The first-order valence-electron chi connectivity index (χ1n) is 7.88. The Balaban J connectivity index is 1.66. The van der Waals surface area contributed by atoms with Crippen LogP contribution in [-0.4, -0.2) is 24.7 Å². The van der Waals surface area contributed by atoms with E-state index in [0.29, 0.717) is 0 Å². The fourth-order valence-electron chi connectivity index (χ4n) is 3.53. The zero-order valence-corrected chi connectivity index (χ0v) is 11.5. The highest BCUT2D eigenvalue weighted by atomic mass is 15.0. The molecule has 0 amide bonds. The summed E-state index contributed by atoms with van der Waals surface area (Å²) in [6.07, 6.45) is 14.2. The predicted octanol–water partition coefficient (Wildman–Crippen LogP) is 3.22. The van der Waals surface area contributed by atoms with Crippen LogP contribution in [0.3, 0.4) is 0 Å². The van der Waals surface area contributed by atoms with Gasteiger partial charge in [0.15, 0.2) is 0 Å². The van der Waals surface area contributed by atoms with Gasteiger partial charge in [-0.3, -0.25) is 0 Å². The van der Waals surface area contributed by atoms with Gasteiger partial charge in [0.05, 0.1) is 0 Å². The molecule has 2 aliphatic carbocycles. The van der Waals surface area contributed by atoms with Gasteiger partial charge in [0, 0.05) is 18.1 Å². The largest absolute Gasteiger partial charge is 0.314 e. The van der Waals surface area contributed by atoms with E-state index in [1.165, 1.54) is 64.2 Å². The van der Waals surface area contributed by atoms with E-state index >= 15 is 0 Å². The number of hydrogen-bond donors (Lipinski definition) is 2. The second-order valence-electron chi connectivity index (χ2n) is 5.96. The summed E-state index contributed by atoms with van der Waals surface area (Å²) in [6.45, 7) is 3.35. The molecular weight excluding hydrogens is 208 g/mol. The van der Waals surface area contributed by atoms with Crippen molar-refractivity contribution >= 4 is 0 Å². The van der Waals surface area contributed by atoms with E-state index in [-0.39, 0.29) is 0 Å². The third kappa shape index (κ3) is 4.59. The monoisotopic (exact) mass is 238 g/mol. The van der Waals surface area contributed by atoms with Crippen LogP contribution in [0.5, 0.6) is 0 Å². The highest BCUT2D eigenvalue weighted by Crippen LogP contribution is 2.22. The molecule has 0 atom stereocenters. The molecule has 17 heavy (non-hydrogen) atoms. The SMILES string of the molecule is CCNC1CCC(NC2CCCCCC2)CC1. The summed E-state index contributed by atoms with van der Waals surface area (Å²) in [5.41, 5.74) is 0. The van der Waals surface area contributed by atoms with Crippen molar-refractivity contribution in [3.05, 3.63) is 0 Å². The Bertz CT molecular complexity index is 189. The van der Waals surface area contributed by atoms with E-state index in [4.69, 9.17) is 0 Å². The molecule has 2 nitrogen and oxygen atoms in total. The lowest BCUT2D eigenvalue weighted by atomic mass is 9.90. The van der Waals surface area contributed by atoms with Crippen molar-refractivity contribution in [3.63, 3.8) is 0 Å². The van der Waals surface area contributed by atoms with Gasteiger partial charge < -0.3 is 10.6 Å². The summed E-state index contributed by atoms with van der Waals surface area (Å²) in [5.74, 6) is 0. The van der Waals surface area contributed by atoms with Crippen molar-refractivity contribution in [1.29, 1.82) is 0 Å². The topological polar surface area (TPSA) is 24.1 Å². The molecule has 2 rings (SSSR count). The summed E-state index contributed by atoms with van der Waals surface area (Å²) >= 11 is 0. The van der Waals surface area contributed by atoms with Crippen LogP contribution in [0.15, 0.2) is 0 Å². The van der Waals surface area contributed by atoms with Gasteiger partial charge in [-0.1, -0.05) is 32.6 Å². The number of nitrogens with one attached hydrogen (secondary N) is 2. The zero-order chi connectivity index (χ0) is 11.9. The van der Waals surface area contributed by atoms with Crippen molar-refractivity contribution in [1.82, 2.24) is 10.6 Å². The van der Waals surface area contributed by atoms with Crippen LogP contribution in [-0.2, 0) is 0 Å². The maximum absolute atomic E-state index is 3.93. The van der Waals surface area contributed by atoms with Crippen LogP contribution in [0, 0.1) is 0 Å². The van der Waals surface area contributed by atoms with Crippen molar-refractivity contribution in [2.75, 3.05) is 6.54 Å². The Kier molecular flexibility index (Phi) is 5.79. The lowest BCUT2D eigenvalue weighted by Crippen LogP contribution is -2.43. The van der Waals surface area contributed by atoms with E-state index in [0.717, 1.165) is 24.7 Å². The average Bonchev–Trinajstić information content (AvgIpc) is 2.61. The highest BCUT2D eigenvalue weighted by molar-refractivity contribution is 4.83. The summed E-state index contributed by atoms with van der Waals surface area (Å²) in [7, 11) is 0. The molecule has 0 saturated heterocycles. The Morgan fingerprint density at radius 1 is 0.706 bits per heavy atom. The van der Waals surface area contributed by atoms with Crippen LogP contribution in [0.4, 0.5) is 0 Å². The third-order valence-electron chi connectivity index (χ3n) is 4.55. The zero-order valence-electron chi connectivity index (χ0n) is 11.5. The van der Waals surface area contributed by atoms with Gasteiger partial charge in [-0.2, -0.15) is 0 Å². The fraction of sp³-hybridized carbons (Fsp3) is 1.00. The Hall–Kier alpha value is -0.0800. The quantitative estimate of drug-likeness (QED) is 0.735. The lowest BCUT2D eigenvalue weighted by molar-refractivity contribution is 0.281. The van der Waals surface area contributed by atoms with Crippen molar-refractivity contribution in [2.24, 2.45) is 0 Å². The molecule has 0 aliphatic heterocycles. The molecule has 2 fully saturated rings. The Morgan fingerprint density at radius 2 is 1.24 bits per heavy atom. The molecule has 0 radical (unpaired) electrons. The summed E-state index contributed by atoms with van der Waals surface area (Å²) in [5, 5.41) is 7.52. The van der Waals surface area contributed by atoms with Gasteiger partial charge in [0.2, 0.25) is 0 Å². The molecule has 0 aromatic rings. The molecule has 0 spiro atoms. The molecule has 0 aromatic carbocycles. The molecule has 2 aliphatic rings. The summed E-state index contributed by atoms with van der Waals surface area (Å²) < 4.78 is 0. The molecule has 2 saturated carbocycles. The average molecular weight is 238 g/mol. The minimum Gasteiger partial charge on any atom is -0.314 e. The van der Waals surface area contributed by atoms with Gasteiger partial charge in [-0.25, -0.2) is 0 Å². The van der Waals surface area contributed by atoms with Gasteiger partial charge in [-0.15, -0.1) is 0 Å². The number of rotatable bonds is 4. The van der Waals surface area contributed by atoms with Crippen LogP contribution in [0.1, 0.15) is 71.1 Å². The van der Waals surface area contributed by atoms with Gasteiger partial charge in [0.25, 0.3) is 0 Å². The molecular formula is C15H30N2.